The fraction of sp³-hybridized carbons (Fsp3) is 0. The molecule has 0 bridgehead atoms. The Kier molecular flexibility index (Phi) is 16.7. The van der Waals surface area contributed by atoms with Gasteiger partial charge in [0.15, 0.2) is 0 Å². The van der Waals surface area contributed by atoms with Gasteiger partial charge in [-0.15, -0.1) is 0 Å². The summed E-state index contributed by atoms with van der Waals surface area (Å²) in [6, 6.07) is 7.32. The number of nitrogens with one attached hydrogen (secondary N) is 2. The van der Waals surface area contributed by atoms with Gasteiger partial charge in [-0.05, 0) is 12.1 Å². The second-order valence-corrected chi connectivity index (χ2v) is 6.45. The lowest BCUT2D eigenvalue weighted by atomic mass is 10.4. The molecule has 0 amide bonds. The summed E-state index contributed by atoms with van der Waals surface area (Å²) in [7, 11) is 0. The molecular weight excluding hydrogens is 672 g/mol. The third-order valence-electron chi connectivity index (χ3n) is 1.78. The molecule has 120 valence electrons. The lowest BCUT2D eigenvalue weighted by Gasteiger charge is -1.87. The summed E-state index contributed by atoms with van der Waals surface area (Å²) in [6.45, 7) is 0. The van der Waals surface area contributed by atoms with Crippen LogP contribution in [0.5, 0.6) is 0 Å². The molecule has 2 aromatic heterocycles. The maximum absolute atomic E-state index is 5.49. The molecule has 2 aromatic rings. The van der Waals surface area contributed by atoms with Crippen LogP contribution in [0, 0.1) is 0 Å². The number of nitrogen functional groups attached to an aromatic ring is 2. The molecule has 0 aliphatic carbocycles. The van der Waals surface area contributed by atoms with E-state index in [1.807, 2.05) is 24.3 Å². The summed E-state index contributed by atoms with van der Waals surface area (Å²) in [5, 5.41) is 0. The first-order valence-electron chi connectivity index (χ1n) is 4.65. The lowest BCUT2D eigenvalue weighted by Crippen LogP contribution is -3.00. The van der Waals surface area contributed by atoms with Crippen molar-refractivity contribution in [1.82, 2.24) is 0 Å². The number of hydrogen-bond donors (Lipinski definition) is 2. The van der Waals surface area contributed by atoms with Crippen LogP contribution in [0.25, 0.3) is 0 Å². The fourth-order valence-corrected chi connectivity index (χ4v) is 2.79. The van der Waals surface area contributed by atoms with E-state index in [2.05, 4.69) is 73.7 Å². The number of pyridine rings is 2. The molecule has 2 rings (SSSR count). The van der Waals surface area contributed by atoms with E-state index in [1.54, 1.807) is 0 Å². The van der Waals surface area contributed by atoms with Gasteiger partial charge in [0.1, 0.15) is 11.4 Å². The second-order valence-electron chi connectivity index (χ2n) is 3.15. The maximum atomic E-state index is 5.49. The molecule has 0 aliphatic rings. The van der Waals surface area contributed by atoms with E-state index in [0.717, 1.165) is 18.4 Å². The Hall–Kier alpha value is 0.740. The summed E-state index contributed by atoms with van der Waals surface area (Å²) in [4.78, 5) is 5.89. The maximum Gasteiger partial charge on any atom is 0.270 e. The Balaban J connectivity index is -0.000000270. The summed E-state index contributed by atoms with van der Waals surface area (Å²) in [5.41, 5.74) is 12.4. The van der Waals surface area contributed by atoms with E-state index in [9.17, 15) is 0 Å². The molecule has 0 radical (unpaired) electrons. The zero-order chi connectivity index (χ0) is 13.7. The predicted octanol–water partition coefficient (Wildman–Crippen LogP) is -3.60. The Morgan fingerprint density at radius 3 is 1.14 bits per heavy atom. The quantitative estimate of drug-likeness (QED) is 0.280. The molecule has 0 atom stereocenters. The van der Waals surface area contributed by atoms with Crippen LogP contribution in [0.2, 0.25) is 0 Å². The van der Waals surface area contributed by atoms with Gasteiger partial charge in [-0.1, -0.05) is 0 Å². The molecule has 8 N–H and O–H groups in total. The van der Waals surface area contributed by atoms with Crippen LogP contribution in [-0.2, 0) is 0 Å². The highest BCUT2D eigenvalue weighted by Crippen LogP contribution is 2.14. The fourth-order valence-electron chi connectivity index (χ4n) is 0.910. The van der Waals surface area contributed by atoms with Crippen LogP contribution < -0.4 is 55.4 Å². The zero-order valence-corrected chi connectivity index (χ0v) is 19.7. The van der Waals surface area contributed by atoms with Crippen molar-refractivity contribution in [3.8, 4) is 0 Å². The van der Waals surface area contributed by atoms with Crippen molar-refractivity contribution in [1.29, 1.82) is 0 Å². The van der Waals surface area contributed by atoms with Crippen LogP contribution in [0.4, 0.5) is 11.4 Å². The van der Waals surface area contributed by atoms with Gasteiger partial charge < -0.3 is 50.9 Å². The molecular formula is C10H12Br6N4O. The average molecular weight is 684 g/mol. The van der Waals surface area contributed by atoms with E-state index < -0.39 is 0 Å². The summed E-state index contributed by atoms with van der Waals surface area (Å²) in [6.07, 6.45) is 0. The van der Waals surface area contributed by atoms with Gasteiger partial charge in [-0.2, -0.15) is 9.97 Å². The highest BCUT2D eigenvalue weighted by Gasteiger charge is 2.03. The number of aromatic nitrogens is 2. The van der Waals surface area contributed by atoms with E-state index in [-0.39, 0.29) is 39.4 Å². The molecule has 0 aromatic carbocycles. The highest BCUT2D eigenvalue weighted by atomic mass is 79.9. The standard InChI is InChI=1S/2C5H4Br2N2.2BrH.H2O/c2*6-4-2-1-3(8)5(7)9-4;;;/h2*1-2H,8H2;2*1H;1H2. The molecule has 0 spiro atoms. The lowest BCUT2D eigenvalue weighted by molar-refractivity contribution is -0.405. The second kappa shape index (κ2) is 13.2. The molecule has 0 saturated heterocycles. The van der Waals surface area contributed by atoms with Crippen LogP contribution in [0.15, 0.2) is 42.7 Å². The SMILES string of the molecule is Nc1ccc(Br)[nH+]c1Br.Nc1ccc(Br)[nH+]c1Br.O.[Br-].[Br-]. The topological polar surface area (TPSA) is 112 Å². The van der Waals surface area contributed by atoms with Gasteiger partial charge in [0, 0.05) is 75.9 Å². The third-order valence-corrected chi connectivity index (χ3v) is 4.02. The number of nitrogens with two attached hydrogens (primary N) is 2. The van der Waals surface area contributed by atoms with Crippen molar-refractivity contribution < 1.29 is 49.4 Å². The first kappa shape index (κ1) is 26.6. The molecule has 21 heavy (non-hydrogen) atoms. The van der Waals surface area contributed by atoms with Gasteiger partial charge >= 0.3 is 0 Å². The minimum atomic E-state index is 0. The molecule has 2 heterocycles. The number of hydrogen-bond acceptors (Lipinski definition) is 2. The molecule has 11 heteroatoms. The van der Waals surface area contributed by atoms with E-state index in [4.69, 9.17) is 11.5 Å². The largest absolute Gasteiger partial charge is 1.00 e. The van der Waals surface area contributed by atoms with Gasteiger partial charge in [0.2, 0.25) is 9.21 Å². The Bertz CT molecular complexity index is 508. The Morgan fingerprint density at radius 2 is 0.952 bits per heavy atom. The normalized spacial score (nSPS) is 8.19. The number of aromatic amines is 2. The summed E-state index contributed by atoms with van der Waals surface area (Å²) >= 11 is 13.0. The van der Waals surface area contributed by atoms with Crippen LogP contribution in [-0.4, -0.2) is 5.48 Å². The minimum Gasteiger partial charge on any atom is -1.00 e. The number of anilines is 2. The molecule has 0 unspecified atom stereocenters. The first-order chi connectivity index (χ1) is 8.40. The predicted molar refractivity (Wildman–Crippen MR) is 89.2 cm³/mol. The van der Waals surface area contributed by atoms with Crippen molar-refractivity contribution >= 4 is 75.1 Å². The Labute approximate surface area is 177 Å². The number of halogens is 6. The summed E-state index contributed by atoms with van der Waals surface area (Å²) in [5.74, 6) is 0. The average Bonchev–Trinajstić information content (AvgIpc) is 2.30. The van der Waals surface area contributed by atoms with Gasteiger partial charge in [-0.25, -0.2) is 0 Å². The van der Waals surface area contributed by atoms with Crippen LogP contribution >= 0.6 is 63.7 Å². The molecule has 5 nitrogen and oxygen atoms in total. The van der Waals surface area contributed by atoms with Crippen molar-refractivity contribution in [3.05, 3.63) is 42.7 Å². The van der Waals surface area contributed by atoms with Crippen LogP contribution in [0.3, 0.4) is 0 Å². The van der Waals surface area contributed by atoms with Gasteiger partial charge in [-0.3, -0.25) is 0 Å². The minimum absolute atomic E-state index is 0. The summed E-state index contributed by atoms with van der Waals surface area (Å²) < 4.78 is 3.42. The van der Waals surface area contributed by atoms with Crippen molar-refractivity contribution in [2.45, 2.75) is 0 Å². The molecule has 0 aliphatic heterocycles. The van der Waals surface area contributed by atoms with Gasteiger partial charge in [0.25, 0.3) is 9.21 Å². The van der Waals surface area contributed by atoms with Crippen LogP contribution in [0.1, 0.15) is 0 Å². The highest BCUT2D eigenvalue weighted by molar-refractivity contribution is 9.11. The van der Waals surface area contributed by atoms with Crippen molar-refractivity contribution in [3.63, 3.8) is 0 Å². The smallest absolute Gasteiger partial charge is 0.270 e. The van der Waals surface area contributed by atoms with Crippen molar-refractivity contribution in [2.75, 3.05) is 11.5 Å². The zero-order valence-electron chi connectivity index (χ0n) is 10.2. The number of rotatable bonds is 0. The molecule has 0 fully saturated rings. The van der Waals surface area contributed by atoms with E-state index in [0.29, 0.717) is 11.4 Å². The van der Waals surface area contributed by atoms with E-state index >= 15 is 0 Å². The monoisotopic (exact) mass is 678 g/mol. The third kappa shape index (κ3) is 10.2. The van der Waals surface area contributed by atoms with Gasteiger partial charge in [0.05, 0.1) is 0 Å². The van der Waals surface area contributed by atoms with E-state index in [1.165, 1.54) is 0 Å². The Morgan fingerprint density at radius 1 is 0.667 bits per heavy atom. The number of H-pyrrole nitrogens is 2. The van der Waals surface area contributed by atoms with Crippen molar-refractivity contribution in [2.24, 2.45) is 0 Å². The first-order valence-corrected chi connectivity index (χ1v) is 7.83. The molecule has 0 saturated carbocycles.